The van der Waals surface area contributed by atoms with Gasteiger partial charge in [-0.1, -0.05) is 0 Å². The highest BCUT2D eigenvalue weighted by atomic mass is 16.6. The highest BCUT2D eigenvalue weighted by Gasteiger charge is 2.49. The second kappa shape index (κ2) is 6.22. The fourth-order valence-corrected chi connectivity index (χ4v) is 3.60. The summed E-state index contributed by atoms with van der Waals surface area (Å²) >= 11 is 0. The average Bonchev–Trinajstić information content (AvgIpc) is 3.34. The zero-order chi connectivity index (χ0) is 19.2. The van der Waals surface area contributed by atoms with E-state index in [0.717, 1.165) is 16.8 Å². The molecule has 0 saturated carbocycles. The first-order chi connectivity index (χ1) is 12.9. The molecule has 3 heterocycles. The topological polar surface area (TPSA) is 105 Å². The van der Waals surface area contributed by atoms with E-state index in [1.54, 1.807) is 21.5 Å². The van der Waals surface area contributed by atoms with Gasteiger partial charge in [-0.05, 0) is 47.5 Å². The summed E-state index contributed by atoms with van der Waals surface area (Å²) in [5.41, 5.74) is 2.86. The Morgan fingerprint density at radius 3 is 2.78 bits per heavy atom. The molecule has 1 aromatic carbocycles. The Morgan fingerprint density at radius 2 is 2.11 bits per heavy atom. The van der Waals surface area contributed by atoms with Gasteiger partial charge in [-0.25, -0.2) is 14.3 Å². The third-order valence-electron chi connectivity index (χ3n) is 5.25. The lowest BCUT2D eigenvalue weighted by atomic mass is 10.0. The summed E-state index contributed by atoms with van der Waals surface area (Å²) < 4.78 is 7.05. The van der Waals surface area contributed by atoms with Crippen LogP contribution in [0.25, 0.3) is 5.69 Å². The molecule has 2 aromatic rings. The number of likely N-dealkylation sites (tertiary alicyclic amines) is 1. The molecular weight excluding hydrogens is 350 g/mol. The van der Waals surface area contributed by atoms with Crippen molar-refractivity contribution in [3.05, 3.63) is 29.6 Å². The molecule has 2 aliphatic heterocycles. The van der Waals surface area contributed by atoms with Crippen LogP contribution in [0.15, 0.2) is 18.5 Å². The molecular formula is C17H21N7O3. The first kappa shape index (κ1) is 17.3. The molecule has 3 amide bonds. The zero-order valence-electron chi connectivity index (χ0n) is 15.5. The standard InChI is InChI=1S/C17H21N7O3/c1-11-6-13(24-10-18-20-21-24)7-14(12(11)2)19-15(25)23-5-4-17(9-23)8-22(3)16(26)27-17/h6-7,10H,4-5,8-9H2,1-3H3,(H,19,25)/t17-/m0/s1. The molecule has 0 unspecified atom stereocenters. The fourth-order valence-electron chi connectivity index (χ4n) is 3.60. The predicted molar refractivity (Wildman–Crippen MR) is 95.7 cm³/mol. The van der Waals surface area contributed by atoms with Crippen LogP contribution in [0.1, 0.15) is 17.5 Å². The van der Waals surface area contributed by atoms with Gasteiger partial charge in [0.15, 0.2) is 5.60 Å². The lowest BCUT2D eigenvalue weighted by Gasteiger charge is -2.22. The molecule has 2 saturated heterocycles. The van der Waals surface area contributed by atoms with Crippen molar-refractivity contribution in [2.45, 2.75) is 25.9 Å². The number of aromatic nitrogens is 4. The molecule has 1 aromatic heterocycles. The Labute approximate surface area is 156 Å². The molecule has 1 spiro atoms. The first-order valence-corrected chi connectivity index (χ1v) is 8.71. The molecule has 4 rings (SSSR count). The van der Waals surface area contributed by atoms with E-state index in [-0.39, 0.29) is 12.1 Å². The molecule has 0 bridgehead atoms. The highest BCUT2D eigenvalue weighted by Crippen LogP contribution is 2.32. The lowest BCUT2D eigenvalue weighted by Crippen LogP contribution is -2.40. The van der Waals surface area contributed by atoms with Crippen LogP contribution < -0.4 is 5.32 Å². The van der Waals surface area contributed by atoms with E-state index in [1.807, 2.05) is 26.0 Å². The van der Waals surface area contributed by atoms with Crippen molar-refractivity contribution in [2.75, 3.05) is 32.0 Å². The Hall–Kier alpha value is -3.17. The summed E-state index contributed by atoms with van der Waals surface area (Å²) in [6.45, 7) is 5.35. The van der Waals surface area contributed by atoms with Crippen LogP contribution in [0.3, 0.4) is 0 Å². The monoisotopic (exact) mass is 371 g/mol. The van der Waals surface area contributed by atoms with Gasteiger partial charge in [-0.2, -0.15) is 0 Å². The largest absolute Gasteiger partial charge is 0.439 e. The molecule has 0 aliphatic carbocycles. The van der Waals surface area contributed by atoms with Gasteiger partial charge in [0.1, 0.15) is 6.33 Å². The number of anilines is 1. The van der Waals surface area contributed by atoms with Gasteiger partial charge >= 0.3 is 12.1 Å². The van der Waals surface area contributed by atoms with E-state index >= 15 is 0 Å². The number of amides is 3. The minimum Gasteiger partial charge on any atom is -0.439 e. The molecule has 2 fully saturated rings. The number of nitrogens with one attached hydrogen (secondary N) is 1. The van der Waals surface area contributed by atoms with Crippen molar-refractivity contribution < 1.29 is 14.3 Å². The Morgan fingerprint density at radius 1 is 1.30 bits per heavy atom. The van der Waals surface area contributed by atoms with Crippen LogP contribution in [0.5, 0.6) is 0 Å². The Balaban J connectivity index is 1.51. The summed E-state index contributed by atoms with van der Waals surface area (Å²) in [4.78, 5) is 27.7. The van der Waals surface area contributed by atoms with Crippen LogP contribution in [0.2, 0.25) is 0 Å². The van der Waals surface area contributed by atoms with Gasteiger partial charge in [0.2, 0.25) is 0 Å². The number of urea groups is 1. The van der Waals surface area contributed by atoms with Crippen LogP contribution in [-0.4, -0.2) is 74.4 Å². The van der Waals surface area contributed by atoms with Gasteiger partial charge in [-0.3, -0.25) is 0 Å². The van der Waals surface area contributed by atoms with E-state index in [0.29, 0.717) is 31.7 Å². The summed E-state index contributed by atoms with van der Waals surface area (Å²) in [6, 6.07) is 3.58. The van der Waals surface area contributed by atoms with E-state index in [2.05, 4.69) is 20.8 Å². The van der Waals surface area contributed by atoms with Crippen molar-refractivity contribution in [1.82, 2.24) is 30.0 Å². The molecule has 2 aliphatic rings. The summed E-state index contributed by atoms with van der Waals surface area (Å²) in [5, 5.41) is 14.2. The van der Waals surface area contributed by atoms with Gasteiger partial charge in [0, 0.05) is 25.7 Å². The molecule has 0 radical (unpaired) electrons. The second-order valence-electron chi connectivity index (χ2n) is 7.20. The third kappa shape index (κ3) is 3.07. The average molecular weight is 371 g/mol. The quantitative estimate of drug-likeness (QED) is 0.854. The van der Waals surface area contributed by atoms with Crippen molar-refractivity contribution in [1.29, 1.82) is 0 Å². The van der Waals surface area contributed by atoms with Crippen LogP contribution in [0, 0.1) is 13.8 Å². The van der Waals surface area contributed by atoms with Crippen molar-refractivity contribution >= 4 is 17.8 Å². The van der Waals surface area contributed by atoms with Gasteiger partial charge < -0.3 is 19.9 Å². The summed E-state index contributed by atoms with van der Waals surface area (Å²) in [6.07, 6.45) is 1.81. The number of ether oxygens (including phenoxy) is 1. The van der Waals surface area contributed by atoms with E-state index in [1.165, 1.54) is 6.33 Å². The maximum Gasteiger partial charge on any atom is 0.410 e. The van der Waals surface area contributed by atoms with Crippen molar-refractivity contribution in [3.8, 4) is 5.69 Å². The molecule has 1 N–H and O–H groups in total. The second-order valence-corrected chi connectivity index (χ2v) is 7.20. The predicted octanol–water partition coefficient (Wildman–Crippen LogP) is 1.34. The number of tetrazole rings is 1. The van der Waals surface area contributed by atoms with E-state index < -0.39 is 5.60 Å². The number of benzene rings is 1. The molecule has 1 atom stereocenters. The maximum absolute atomic E-state index is 12.8. The van der Waals surface area contributed by atoms with Crippen molar-refractivity contribution in [3.63, 3.8) is 0 Å². The number of likely N-dealkylation sites (N-methyl/N-ethyl adjacent to an activating group) is 1. The number of aryl methyl sites for hydroxylation is 1. The van der Waals surface area contributed by atoms with Crippen LogP contribution >= 0.6 is 0 Å². The fraction of sp³-hybridized carbons (Fsp3) is 0.471. The molecule has 10 heteroatoms. The SMILES string of the molecule is Cc1cc(-n2cnnn2)cc(NC(=O)N2CC[C@]3(CN(C)C(=O)O3)C2)c1C. The van der Waals surface area contributed by atoms with E-state index in [4.69, 9.17) is 4.74 Å². The van der Waals surface area contributed by atoms with Gasteiger partial charge in [0.25, 0.3) is 0 Å². The highest BCUT2D eigenvalue weighted by molar-refractivity contribution is 5.91. The minimum atomic E-state index is -0.595. The number of hydrogen-bond donors (Lipinski definition) is 1. The number of nitrogens with zero attached hydrogens (tertiary/aromatic N) is 6. The minimum absolute atomic E-state index is 0.214. The van der Waals surface area contributed by atoms with Crippen LogP contribution in [-0.2, 0) is 4.74 Å². The third-order valence-corrected chi connectivity index (χ3v) is 5.25. The number of hydrogen-bond acceptors (Lipinski definition) is 6. The number of rotatable bonds is 2. The number of carbonyl (C=O) groups is 2. The maximum atomic E-state index is 12.8. The van der Waals surface area contributed by atoms with Crippen molar-refractivity contribution in [2.24, 2.45) is 0 Å². The first-order valence-electron chi connectivity index (χ1n) is 8.71. The summed E-state index contributed by atoms with van der Waals surface area (Å²) in [7, 11) is 1.70. The zero-order valence-corrected chi connectivity index (χ0v) is 15.5. The van der Waals surface area contributed by atoms with Crippen LogP contribution in [0.4, 0.5) is 15.3 Å². The van der Waals surface area contributed by atoms with Gasteiger partial charge in [-0.15, -0.1) is 5.10 Å². The molecule has 27 heavy (non-hydrogen) atoms. The lowest BCUT2D eigenvalue weighted by molar-refractivity contribution is 0.0663. The normalized spacial score (nSPS) is 21.8. The summed E-state index contributed by atoms with van der Waals surface area (Å²) in [5.74, 6) is 0. The van der Waals surface area contributed by atoms with E-state index in [9.17, 15) is 9.59 Å². The Bertz CT molecular complexity index is 898. The molecule has 10 nitrogen and oxygen atoms in total. The Kier molecular flexibility index (Phi) is 3.97. The molecule has 142 valence electrons. The van der Waals surface area contributed by atoms with Gasteiger partial charge in [0.05, 0.1) is 18.8 Å². The number of carbonyl (C=O) groups excluding carboxylic acids is 2. The smallest absolute Gasteiger partial charge is 0.410 e.